The first-order chi connectivity index (χ1) is 16.9. The van der Waals surface area contributed by atoms with E-state index in [0.717, 1.165) is 16.5 Å². The van der Waals surface area contributed by atoms with Crippen LogP contribution in [0, 0.1) is 0 Å². The topological polar surface area (TPSA) is 180 Å². The average Bonchev–Trinajstić information content (AvgIpc) is 3.48. The first-order valence-corrected chi connectivity index (χ1v) is 11.3. The van der Waals surface area contributed by atoms with E-state index >= 15 is 0 Å². The predicted octanol–water partition coefficient (Wildman–Crippen LogP) is -1.25. The number of nitrogen functional groups attached to an aromatic ring is 1. The van der Waals surface area contributed by atoms with Crippen LogP contribution < -0.4 is 20.7 Å². The van der Waals surface area contributed by atoms with E-state index in [-0.39, 0.29) is 29.7 Å². The first-order valence-electron chi connectivity index (χ1n) is 10.2. The Morgan fingerprint density at radius 1 is 1.43 bits per heavy atom. The molecule has 5 heterocycles. The van der Waals surface area contributed by atoms with Crippen LogP contribution in [0.1, 0.15) is 5.69 Å². The fourth-order valence-electron chi connectivity index (χ4n) is 3.97. The Balaban J connectivity index is 1.36. The summed E-state index contributed by atoms with van der Waals surface area (Å²) < 4.78 is 12.0. The molecule has 1 saturated heterocycles. The number of aromatic nitrogens is 2. The fourth-order valence-corrected chi connectivity index (χ4v) is 5.31. The van der Waals surface area contributed by atoms with E-state index in [9.17, 15) is 19.5 Å². The molecule has 0 radical (unpaired) electrons. The largest absolute Gasteiger partial charge is 0.543 e. The van der Waals surface area contributed by atoms with E-state index in [2.05, 4.69) is 15.5 Å². The van der Waals surface area contributed by atoms with Gasteiger partial charge in [0, 0.05) is 17.4 Å². The van der Waals surface area contributed by atoms with Gasteiger partial charge in [0.25, 0.3) is 17.8 Å². The van der Waals surface area contributed by atoms with E-state index in [1.54, 1.807) is 29.2 Å². The van der Waals surface area contributed by atoms with Crippen molar-refractivity contribution in [3.8, 4) is 0 Å². The number of oxazole rings is 1. The standard InChI is InChI=1S/C21H18N6O7S/c1-32-25-14(12-8-34-21(22)23-12)17(28)24-15-18(29)27-16(20(30)31)11(9-35-19(15)27)7-26-4-2-13-10(6-26)3-5-33-13/h2-6,8,15,19H,7,9H2,1H3,(H3-,22,23,24,28,30,31)/t15?,19-/m0/s1. The molecule has 1 unspecified atom stereocenters. The summed E-state index contributed by atoms with van der Waals surface area (Å²) in [5, 5.41) is 18.5. The highest BCUT2D eigenvalue weighted by molar-refractivity contribution is 8.00. The third-order valence-electron chi connectivity index (χ3n) is 5.51. The number of thioether (sulfide) groups is 1. The van der Waals surface area contributed by atoms with Crippen LogP contribution in [-0.2, 0) is 25.8 Å². The maximum absolute atomic E-state index is 12.9. The molecule has 14 heteroatoms. The van der Waals surface area contributed by atoms with Crippen LogP contribution >= 0.6 is 11.8 Å². The number of anilines is 1. The molecule has 3 N–H and O–H groups in total. The molecule has 2 aliphatic heterocycles. The van der Waals surface area contributed by atoms with Gasteiger partial charge in [-0.1, -0.05) is 5.16 Å². The van der Waals surface area contributed by atoms with Crippen LogP contribution in [0.15, 0.2) is 62.3 Å². The molecule has 0 aliphatic carbocycles. The molecule has 0 spiro atoms. The molecular weight excluding hydrogens is 480 g/mol. The summed E-state index contributed by atoms with van der Waals surface area (Å²) in [5.41, 5.74) is 6.24. The second-order valence-electron chi connectivity index (χ2n) is 7.65. The summed E-state index contributed by atoms with van der Waals surface area (Å²) in [5.74, 6) is -2.49. The molecule has 3 aromatic heterocycles. The minimum Gasteiger partial charge on any atom is -0.543 e. The lowest BCUT2D eigenvalue weighted by atomic mass is 10.0. The molecular formula is C21H18N6O7S. The number of rotatable bonds is 7. The molecule has 0 saturated carbocycles. The highest BCUT2D eigenvalue weighted by atomic mass is 32.2. The second-order valence-corrected chi connectivity index (χ2v) is 8.76. The van der Waals surface area contributed by atoms with Crippen LogP contribution in [0.3, 0.4) is 0 Å². The monoisotopic (exact) mass is 498 g/mol. The number of hydrogen-bond acceptors (Lipinski definition) is 11. The van der Waals surface area contributed by atoms with Crippen LogP contribution in [0.25, 0.3) is 11.0 Å². The molecule has 180 valence electrons. The Bertz CT molecular complexity index is 1410. The zero-order valence-corrected chi connectivity index (χ0v) is 19.0. The van der Waals surface area contributed by atoms with Gasteiger partial charge in [-0.15, -0.1) is 11.8 Å². The lowest BCUT2D eigenvalue weighted by molar-refractivity contribution is -0.687. The highest BCUT2D eigenvalue weighted by Crippen LogP contribution is 2.40. The van der Waals surface area contributed by atoms with Gasteiger partial charge < -0.3 is 34.6 Å². The van der Waals surface area contributed by atoms with Crippen LogP contribution in [0.2, 0.25) is 0 Å². The summed E-state index contributed by atoms with van der Waals surface area (Å²) >= 11 is 1.33. The molecule has 2 amide bonds. The van der Waals surface area contributed by atoms with Gasteiger partial charge in [0.1, 0.15) is 36.1 Å². The Morgan fingerprint density at radius 2 is 2.26 bits per heavy atom. The molecule has 5 rings (SSSR count). The third kappa shape index (κ3) is 3.97. The lowest BCUT2D eigenvalue weighted by Crippen LogP contribution is -2.71. The number of pyridine rings is 1. The van der Waals surface area contributed by atoms with Gasteiger partial charge in [-0.2, -0.15) is 4.98 Å². The number of aliphatic carboxylic acids is 1. The number of β-lactam (4-membered cyclic amide) rings is 1. The molecule has 35 heavy (non-hydrogen) atoms. The number of oxime groups is 1. The molecule has 0 bridgehead atoms. The second kappa shape index (κ2) is 8.79. The van der Waals surface area contributed by atoms with Gasteiger partial charge in [0.2, 0.25) is 0 Å². The fraction of sp³-hybridized carbons (Fsp3) is 0.238. The Kier molecular flexibility index (Phi) is 5.64. The van der Waals surface area contributed by atoms with Gasteiger partial charge in [-0.25, -0.2) is 4.57 Å². The van der Waals surface area contributed by atoms with Crippen LogP contribution in [-0.4, -0.2) is 57.7 Å². The van der Waals surface area contributed by atoms with Crippen molar-refractivity contribution < 1.29 is 37.7 Å². The number of nitrogens with two attached hydrogens (primary N) is 1. The normalized spacial score (nSPS) is 20.0. The number of furan rings is 1. The molecule has 13 nitrogen and oxygen atoms in total. The van der Waals surface area contributed by atoms with Crippen molar-refractivity contribution in [3.63, 3.8) is 0 Å². The summed E-state index contributed by atoms with van der Waals surface area (Å²) in [6.45, 7) is 0.239. The Labute approximate surface area is 201 Å². The SMILES string of the molecule is CON=C(C(=O)NC1C(=O)N2C(C(=O)[O-])=C(C[n+]3ccc4occc4c3)CS[C@@H]12)c1coc(N)n1. The number of carboxylic acid groups (broad SMARTS) is 1. The van der Waals surface area contributed by atoms with E-state index in [4.69, 9.17) is 19.4 Å². The zero-order valence-electron chi connectivity index (χ0n) is 18.2. The number of carbonyl (C=O) groups excluding carboxylic acids is 3. The van der Waals surface area contributed by atoms with Gasteiger partial charge >= 0.3 is 0 Å². The maximum Gasteiger partial charge on any atom is 0.292 e. The van der Waals surface area contributed by atoms with Crippen molar-refractivity contribution in [3.05, 3.63) is 54.0 Å². The average molecular weight is 498 g/mol. The van der Waals surface area contributed by atoms with Gasteiger partial charge in [0.15, 0.2) is 24.7 Å². The van der Waals surface area contributed by atoms with Crippen molar-refractivity contribution in [2.45, 2.75) is 18.0 Å². The van der Waals surface area contributed by atoms with Crippen molar-refractivity contribution in [1.82, 2.24) is 15.2 Å². The van der Waals surface area contributed by atoms with Crippen LogP contribution in [0.5, 0.6) is 0 Å². The molecule has 1 fully saturated rings. The number of amides is 2. The lowest BCUT2D eigenvalue weighted by Gasteiger charge is -2.50. The van der Waals surface area contributed by atoms with E-state index in [1.165, 1.54) is 18.9 Å². The van der Waals surface area contributed by atoms with Crippen molar-refractivity contribution in [2.75, 3.05) is 18.6 Å². The van der Waals surface area contributed by atoms with Crippen molar-refractivity contribution >= 4 is 52.2 Å². The van der Waals surface area contributed by atoms with Crippen LogP contribution in [0.4, 0.5) is 6.01 Å². The smallest absolute Gasteiger partial charge is 0.292 e. The molecule has 0 aromatic carbocycles. The summed E-state index contributed by atoms with van der Waals surface area (Å²) in [4.78, 5) is 47.4. The van der Waals surface area contributed by atoms with E-state index < -0.39 is 29.2 Å². The van der Waals surface area contributed by atoms with Gasteiger partial charge in [-0.3, -0.25) is 14.5 Å². The summed E-state index contributed by atoms with van der Waals surface area (Å²) in [6, 6.07) is 2.41. The Morgan fingerprint density at radius 3 is 2.97 bits per heavy atom. The number of fused-ring (bicyclic) bond motifs is 2. The van der Waals surface area contributed by atoms with Crippen molar-refractivity contribution in [2.24, 2.45) is 5.16 Å². The summed E-state index contributed by atoms with van der Waals surface area (Å²) in [7, 11) is 1.24. The quantitative estimate of drug-likeness (QED) is 0.173. The zero-order chi connectivity index (χ0) is 24.7. The Hall–Kier alpha value is -4.33. The first kappa shape index (κ1) is 22.5. The highest BCUT2D eigenvalue weighted by Gasteiger charge is 2.53. The number of carboxylic acids is 1. The van der Waals surface area contributed by atoms with Gasteiger partial charge in [-0.05, 0) is 6.07 Å². The third-order valence-corrected chi connectivity index (χ3v) is 6.85. The predicted molar refractivity (Wildman–Crippen MR) is 118 cm³/mol. The molecule has 3 aromatic rings. The van der Waals surface area contributed by atoms with Gasteiger partial charge in [0.05, 0.1) is 23.3 Å². The number of nitrogens with zero attached hydrogens (tertiary/aromatic N) is 4. The van der Waals surface area contributed by atoms with Crippen molar-refractivity contribution in [1.29, 1.82) is 0 Å². The molecule has 2 aliphatic rings. The number of carbonyl (C=O) groups is 3. The van der Waals surface area contributed by atoms with E-state index in [1.807, 2.05) is 6.20 Å². The minimum absolute atomic E-state index is 0.0194. The van der Waals surface area contributed by atoms with E-state index in [0.29, 0.717) is 16.9 Å². The minimum atomic E-state index is -1.46. The molecule has 2 atom stereocenters. The number of nitrogens with one attached hydrogen (secondary N) is 1. The summed E-state index contributed by atoms with van der Waals surface area (Å²) in [6.07, 6.45) is 6.27. The maximum atomic E-state index is 12.9. The number of hydrogen-bond donors (Lipinski definition) is 2.